The van der Waals surface area contributed by atoms with Crippen LogP contribution in [0.2, 0.25) is 0 Å². The van der Waals surface area contributed by atoms with E-state index in [-0.39, 0.29) is 30.2 Å². The lowest BCUT2D eigenvalue weighted by Gasteiger charge is -2.33. The van der Waals surface area contributed by atoms with E-state index in [2.05, 4.69) is 5.32 Å². The van der Waals surface area contributed by atoms with Gasteiger partial charge in [-0.1, -0.05) is 48.9 Å². The molecule has 39 heavy (non-hydrogen) atoms. The van der Waals surface area contributed by atoms with Crippen LogP contribution in [-0.2, 0) is 26.2 Å². The summed E-state index contributed by atoms with van der Waals surface area (Å²) in [6.45, 7) is 5.07. The predicted octanol–water partition coefficient (Wildman–Crippen LogP) is 4.28. The molecule has 0 aromatic heterocycles. The maximum Gasteiger partial charge on any atom is 0.264 e. The topological polar surface area (TPSA) is 96.0 Å². The summed E-state index contributed by atoms with van der Waals surface area (Å²) in [5.41, 5.74) is 1.67. The van der Waals surface area contributed by atoms with Crippen molar-refractivity contribution in [3.8, 4) is 5.75 Å². The number of para-hydroxylation sites is 2. The number of hydrogen-bond donors (Lipinski definition) is 1. The van der Waals surface area contributed by atoms with Gasteiger partial charge in [-0.25, -0.2) is 12.8 Å². The van der Waals surface area contributed by atoms with Crippen molar-refractivity contribution >= 4 is 27.5 Å². The fraction of sp³-hybridized carbons (Fsp3) is 0.310. The van der Waals surface area contributed by atoms with Crippen molar-refractivity contribution in [1.29, 1.82) is 0 Å². The number of sulfonamides is 1. The number of likely N-dealkylation sites (N-methyl/N-ethyl adjacent to an activating group) is 1. The maximum absolute atomic E-state index is 14.0. The lowest BCUT2D eigenvalue weighted by Crippen LogP contribution is -2.51. The molecule has 0 aliphatic heterocycles. The van der Waals surface area contributed by atoms with E-state index in [4.69, 9.17) is 4.74 Å². The predicted molar refractivity (Wildman–Crippen MR) is 148 cm³/mol. The zero-order valence-corrected chi connectivity index (χ0v) is 23.4. The number of carbonyl (C=O) groups excluding carboxylic acids is 2. The molecule has 8 nitrogen and oxygen atoms in total. The minimum Gasteiger partial charge on any atom is -0.492 e. The van der Waals surface area contributed by atoms with Gasteiger partial charge in [0, 0.05) is 13.6 Å². The molecule has 0 fully saturated rings. The van der Waals surface area contributed by atoms with Crippen molar-refractivity contribution in [3.05, 3.63) is 89.7 Å². The van der Waals surface area contributed by atoms with Crippen LogP contribution in [0.3, 0.4) is 0 Å². The van der Waals surface area contributed by atoms with Crippen LogP contribution in [0.1, 0.15) is 31.4 Å². The third-order valence-electron chi connectivity index (χ3n) is 6.22. The third kappa shape index (κ3) is 7.14. The van der Waals surface area contributed by atoms with Crippen LogP contribution in [0.5, 0.6) is 5.75 Å². The van der Waals surface area contributed by atoms with E-state index in [9.17, 15) is 22.4 Å². The van der Waals surface area contributed by atoms with Crippen molar-refractivity contribution in [2.45, 2.75) is 44.7 Å². The lowest BCUT2D eigenvalue weighted by atomic mass is 10.1. The highest BCUT2D eigenvalue weighted by Crippen LogP contribution is 2.33. The first-order valence-corrected chi connectivity index (χ1v) is 14.1. The number of nitrogens with zero attached hydrogens (tertiary/aromatic N) is 2. The first-order valence-electron chi connectivity index (χ1n) is 12.7. The molecule has 1 N–H and O–H groups in total. The first kappa shape index (κ1) is 29.6. The van der Waals surface area contributed by atoms with Crippen LogP contribution < -0.4 is 14.4 Å². The zero-order valence-electron chi connectivity index (χ0n) is 22.6. The summed E-state index contributed by atoms with van der Waals surface area (Å²) in [6, 6.07) is 17.6. The van der Waals surface area contributed by atoms with E-state index in [0.717, 1.165) is 9.87 Å². The molecular weight excluding hydrogens is 521 g/mol. The number of halogens is 1. The number of benzene rings is 3. The Hall–Kier alpha value is -3.92. The van der Waals surface area contributed by atoms with Gasteiger partial charge in [-0.15, -0.1) is 0 Å². The van der Waals surface area contributed by atoms with Crippen LogP contribution in [0.25, 0.3) is 0 Å². The second-order valence-corrected chi connectivity index (χ2v) is 10.8. The number of ether oxygens (including phenoxy) is 1. The molecule has 3 rings (SSSR count). The fourth-order valence-corrected chi connectivity index (χ4v) is 5.59. The second kappa shape index (κ2) is 13.2. The Balaban J connectivity index is 2.10. The van der Waals surface area contributed by atoms with Crippen molar-refractivity contribution in [2.75, 3.05) is 24.5 Å². The van der Waals surface area contributed by atoms with Crippen LogP contribution in [0.4, 0.5) is 10.1 Å². The van der Waals surface area contributed by atoms with Crippen molar-refractivity contribution in [1.82, 2.24) is 10.2 Å². The second-order valence-electron chi connectivity index (χ2n) is 8.91. The Bertz CT molecular complexity index is 1380. The van der Waals surface area contributed by atoms with Crippen LogP contribution in [0.15, 0.2) is 77.7 Å². The number of carbonyl (C=O) groups is 2. The molecule has 0 aliphatic rings. The molecule has 2 amide bonds. The Morgan fingerprint density at radius 2 is 1.62 bits per heavy atom. The Labute approximate surface area is 229 Å². The standard InChI is InChI=1S/C29H34FN3O5S/c1-5-25(29(35)31-4)32(19-22-13-15-23(30)16-14-22)28(34)20-33(26-9-7-8-10-27(26)38-6-2)39(36,37)24-17-11-21(3)12-18-24/h7-18,25H,5-6,19-20H2,1-4H3,(H,31,35)/t25-/m1/s1. The molecule has 0 unspecified atom stereocenters. The van der Waals surface area contributed by atoms with Gasteiger partial charge in [-0.05, 0) is 62.2 Å². The molecule has 0 saturated heterocycles. The van der Waals surface area contributed by atoms with Gasteiger partial charge in [0.15, 0.2) is 0 Å². The number of rotatable bonds is 12. The molecule has 0 spiro atoms. The van der Waals surface area contributed by atoms with Crippen molar-refractivity contribution in [2.24, 2.45) is 0 Å². The quantitative estimate of drug-likeness (QED) is 0.360. The fourth-order valence-electron chi connectivity index (χ4n) is 4.16. The average Bonchev–Trinajstić information content (AvgIpc) is 2.93. The van der Waals surface area contributed by atoms with E-state index in [1.807, 2.05) is 6.92 Å². The molecule has 3 aromatic rings. The lowest BCUT2D eigenvalue weighted by molar-refractivity contribution is -0.140. The minimum atomic E-state index is -4.22. The SMILES string of the molecule is CCOc1ccccc1N(CC(=O)N(Cc1ccc(F)cc1)[C@H](CC)C(=O)NC)S(=O)(=O)c1ccc(C)cc1. The molecule has 208 valence electrons. The molecule has 1 atom stereocenters. The highest BCUT2D eigenvalue weighted by atomic mass is 32.2. The molecule has 0 saturated carbocycles. The van der Waals surface area contributed by atoms with Gasteiger partial charge in [0.25, 0.3) is 10.0 Å². The van der Waals surface area contributed by atoms with Gasteiger partial charge in [-0.2, -0.15) is 0 Å². The van der Waals surface area contributed by atoms with Gasteiger partial charge in [0.2, 0.25) is 11.8 Å². The van der Waals surface area contributed by atoms with Gasteiger partial charge >= 0.3 is 0 Å². The number of anilines is 1. The third-order valence-corrected chi connectivity index (χ3v) is 7.99. The van der Waals surface area contributed by atoms with E-state index in [0.29, 0.717) is 11.3 Å². The van der Waals surface area contributed by atoms with E-state index in [1.54, 1.807) is 50.2 Å². The van der Waals surface area contributed by atoms with Gasteiger partial charge in [0.1, 0.15) is 24.2 Å². The summed E-state index contributed by atoms with van der Waals surface area (Å²) >= 11 is 0. The van der Waals surface area contributed by atoms with Gasteiger partial charge < -0.3 is 15.0 Å². The number of amides is 2. The molecular formula is C29H34FN3O5S. The zero-order chi connectivity index (χ0) is 28.6. The molecule has 0 aliphatic carbocycles. The molecule has 0 bridgehead atoms. The van der Waals surface area contributed by atoms with Gasteiger partial charge in [0.05, 0.1) is 17.2 Å². The van der Waals surface area contributed by atoms with E-state index < -0.39 is 40.2 Å². The van der Waals surface area contributed by atoms with Crippen LogP contribution in [0, 0.1) is 12.7 Å². The highest BCUT2D eigenvalue weighted by molar-refractivity contribution is 7.92. The van der Waals surface area contributed by atoms with Crippen molar-refractivity contribution in [3.63, 3.8) is 0 Å². The first-order chi connectivity index (χ1) is 18.6. The summed E-state index contributed by atoms with van der Waals surface area (Å²) in [4.78, 5) is 28.0. The summed E-state index contributed by atoms with van der Waals surface area (Å²) in [5.74, 6) is -1.13. The number of aryl methyl sites for hydroxylation is 1. The Morgan fingerprint density at radius 1 is 0.974 bits per heavy atom. The summed E-state index contributed by atoms with van der Waals surface area (Å²) in [5, 5.41) is 2.57. The molecule has 10 heteroatoms. The highest BCUT2D eigenvalue weighted by Gasteiger charge is 2.34. The summed E-state index contributed by atoms with van der Waals surface area (Å²) in [7, 11) is -2.75. The van der Waals surface area contributed by atoms with Crippen molar-refractivity contribution < 1.29 is 27.1 Å². The smallest absolute Gasteiger partial charge is 0.264 e. The van der Waals surface area contributed by atoms with E-state index in [1.165, 1.54) is 48.3 Å². The average molecular weight is 556 g/mol. The normalized spacial score (nSPS) is 11.9. The summed E-state index contributed by atoms with van der Waals surface area (Å²) < 4.78 is 48.2. The molecule has 0 heterocycles. The molecule has 0 radical (unpaired) electrons. The Morgan fingerprint density at radius 3 is 2.21 bits per heavy atom. The van der Waals surface area contributed by atoms with Gasteiger partial charge in [-0.3, -0.25) is 13.9 Å². The Kier molecular flexibility index (Phi) is 10.1. The maximum atomic E-state index is 14.0. The number of hydrogen-bond acceptors (Lipinski definition) is 5. The van der Waals surface area contributed by atoms with Crippen LogP contribution >= 0.6 is 0 Å². The monoisotopic (exact) mass is 555 g/mol. The number of nitrogens with one attached hydrogen (secondary N) is 1. The van der Waals surface area contributed by atoms with E-state index >= 15 is 0 Å². The van der Waals surface area contributed by atoms with Crippen LogP contribution in [-0.4, -0.2) is 51.4 Å². The minimum absolute atomic E-state index is 0.00984. The summed E-state index contributed by atoms with van der Waals surface area (Å²) in [6.07, 6.45) is 0.285. The largest absolute Gasteiger partial charge is 0.492 e. The molecule has 3 aromatic carbocycles.